The lowest BCUT2D eigenvalue weighted by Crippen LogP contribution is -2.44. The van der Waals surface area contributed by atoms with Crippen LogP contribution in [0.3, 0.4) is 0 Å². The van der Waals surface area contributed by atoms with Crippen LogP contribution >= 0.6 is 0 Å². The Morgan fingerprint density at radius 1 is 1.11 bits per heavy atom. The summed E-state index contributed by atoms with van der Waals surface area (Å²) in [7, 11) is 0. The Labute approximate surface area is 116 Å². The molecule has 1 N–H and O–H groups in total. The summed E-state index contributed by atoms with van der Waals surface area (Å²) >= 11 is 0. The number of carboxylic acids is 1. The van der Waals surface area contributed by atoms with Crippen molar-refractivity contribution < 1.29 is 14.7 Å². The van der Waals surface area contributed by atoms with E-state index in [1.807, 2.05) is 13.8 Å². The van der Waals surface area contributed by atoms with Crippen LogP contribution in [0.4, 0.5) is 0 Å². The lowest BCUT2D eigenvalue weighted by Gasteiger charge is -2.34. The van der Waals surface area contributed by atoms with Crippen LogP contribution in [-0.4, -0.2) is 34.5 Å². The number of carbonyl (C=O) groups excluding carboxylic acids is 1. The monoisotopic (exact) mass is 269 g/mol. The molecule has 19 heavy (non-hydrogen) atoms. The molecule has 0 unspecified atom stereocenters. The van der Waals surface area contributed by atoms with Gasteiger partial charge in [0.25, 0.3) is 0 Å². The largest absolute Gasteiger partial charge is 0.480 e. The van der Waals surface area contributed by atoms with E-state index in [2.05, 4.69) is 13.8 Å². The van der Waals surface area contributed by atoms with E-state index in [9.17, 15) is 9.59 Å². The van der Waals surface area contributed by atoms with E-state index >= 15 is 0 Å². The Morgan fingerprint density at radius 2 is 1.63 bits per heavy atom. The van der Waals surface area contributed by atoms with E-state index in [-0.39, 0.29) is 24.4 Å². The molecule has 1 saturated carbocycles. The maximum absolute atomic E-state index is 12.4. The van der Waals surface area contributed by atoms with Crippen LogP contribution in [0.2, 0.25) is 0 Å². The molecule has 0 aliphatic heterocycles. The van der Waals surface area contributed by atoms with Crippen LogP contribution < -0.4 is 0 Å². The van der Waals surface area contributed by atoms with E-state index in [0.717, 1.165) is 31.6 Å². The maximum Gasteiger partial charge on any atom is 0.323 e. The molecule has 110 valence electrons. The molecular weight excluding hydrogens is 242 g/mol. The maximum atomic E-state index is 12.4. The van der Waals surface area contributed by atoms with Crippen LogP contribution in [-0.2, 0) is 9.59 Å². The first-order valence-corrected chi connectivity index (χ1v) is 7.35. The molecule has 1 rings (SSSR count). The molecule has 1 aliphatic carbocycles. The summed E-state index contributed by atoms with van der Waals surface area (Å²) in [5.74, 6) is 0.515. The molecule has 0 aromatic heterocycles. The smallest absolute Gasteiger partial charge is 0.323 e. The molecule has 1 fully saturated rings. The van der Waals surface area contributed by atoms with Crippen molar-refractivity contribution in [3.63, 3.8) is 0 Å². The number of amides is 1. The summed E-state index contributed by atoms with van der Waals surface area (Å²) in [4.78, 5) is 24.8. The van der Waals surface area contributed by atoms with Gasteiger partial charge in [-0.1, -0.05) is 13.8 Å². The van der Waals surface area contributed by atoms with E-state index in [0.29, 0.717) is 5.92 Å². The van der Waals surface area contributed by atoms with Crippen molar-refractivity contribution in [3.05, 3.63) is 0 Å². The fraction of sp³-hybridized carbons (Fsp3) is 0.867. The van der Waals surface area contributed by atoms with Gasteiger partial charge in [-0.15, -0.1) is 0 Å². The van der Waals surface area contributed by atoms with Crippen LogP contribution in [0, 0.1) is 17.8 Å². The molecule has 0 aromatic carbocycles. The summed E-state index contributed by atoms with van der Waals surface area (Å²) in [6, 6.07) is -0.0496. The van der Waals surface area contributed by atoms with Crippen molar-refractivity contribution in [2.45, 2.75) is 59.4 Å². The molecule has 0 bridgehead atoms. The Morgan fingerprint density at radius 3 is 2.00 bits per heavy atom. The van der Waals surface area contributed by atoms with Gasteiger partial charge in [-0.2, -0.15) is 0 Å². The number of hydrogen-bond acceptors (Lipinski definition) is 2. The Bertz CT molecular complexity index is 317. The Hall–Kier alpha value is -1.06. The summed E-state index contributed by atoms with van der Waals surface area (Å²) < 4.78 is 0. The first-order valence-electron chi connectivity index (χ1n) is 7.35. The van der Waals surface area contributed by atoms with Crippen molar-refractivity contribution >= 4 is 11.9 Å². The van der Waals surface area contributed by atoms with Crippen LogP contribution in [0.25, 0.3) is 0 Å². The predicted molar refractivity (Wildman–Crippen MR) is 74.8 cm³/mol. The molecular formula is C15H27NO3. The second-order valence-electron chi connectivity index (χ2n) is 6.31. The molecule has 0 saturated heterocycles. The van der Waals surface area contributed by atoms with Crippen molar-refractivity contribution in [3.8, 4) is 0 Å². The van der Waals surface area contributed by atoms with Crippen LogP contribution in [0.5, 0.6) is 0 Å². The third-order valence-electron chi connectivity index (χ3n) is 4.28. The fourth-order valence-corrected chi connectivity index (χ4v) is 2.93. The van der Waals surface area contributed by atoms with E-state index < -0.39 is 5.97 Å². The Balaban J connectivity index is 2.59. The van der Waals surface area contributed by atoms with E-state index in [1.54, 1.807) is 0 Å². The number of hydrogen-bond donors (Lipinski definition) is 1. The van der Waals surface area contributed by atoms with Gasteiger partial charge in [-0.05, 0) is 51.4 Å². The van der Waals surface area contributed by atoms with E-state index in [1.165, 1.54) is 4.90 Å². The first-order chi connectivity index (χ1) is 8.82. The zero-order chi connectivity index (χ0) is 14.6. The van der Waals surface area contributed by atoms with Gasteiger partial charge in [0.15, 0.2) is 0 Å². The zero-order valence-electron chi connectivity index (χ0n) is 12.6. The van der Waals surface area contributed by atoms with Gasteiger partial charge in [0.2, 0.25) is 5.91 Å². The number of nitrogens with zero attached hydrogens (tertiary/aromatic N) is 1. The number of carbonyl (C=O) groups is 2. The number of rotatable bonds is 5. The highest BCUT2D eigenvalue weighted by molar-refractivity contribution is 5.83. The molecule has 0 radical (unpaired) electrons. The van der Waals surface area contributed by atoms with Crippen molar-refractivity contribution in [2.24, 2.45) is 17.8 Å². The molecule has 0 aromatic rings. The highest BCUT2D eigenvalue weighted by Crippen LogP contribution is 2.34. The average Bonchev–Trinajstić information content (AvgIpc) is 2.34. The quantitative estimate of drug-likeness (QED) is 0.835. The zero-order valence-corrected chi connectivity index (χ0v) is 12.6. The third kappa shape index (κ3) is 4.51. The van der Waals surface area contributed by atoms with Gasteiger partial charge >= 0.3 is 5.97 Å². The second-order valence-corrected chi connectivity index (χ2v) is 6.31. The standard InChI is InChI=1S/C15H27NO3/c1-10(2)12-5-7-13(8-6-12)15(19)16(11(3)4)9-14(17)18/h10-13H,5-9H2,1-4H3,(H,17,18). The summed E-state index contributed by atoms with van der Waals surface area (Å²) in [5.41, 5.74) is 0. The summed E-state index contributed by atoms with van der Waals surface area (Å²) in [6.07, 6.45) is 4.00. The van der Waals surface area contributed by atoms with E-state index in [4.69, 9.17) is 5.11 Å². The van der Waals surface area contributed by atoms with Gasteiger partial charge in [0, 0.05) is 12.0 Å². The molecule has 0 spiro atoms. The van der Waals surface area contributed by atoms with Gasteiger partial charge in [-0.3, -0.25) is 9.59 Å². The SMILES string of the molecule is CC(C)C1CCC(C(=O)N(CC(=O)O)C(C)C)CC1. The molecule has 4 heteroatoms. The average molecular weight is 269 g/mol. The van der Waals surface area contributed by atoms with Crippen molar-refractivity contribution in [1.82, 2.24) is 4.90 Å². The molecule has 1 aliphatic rings. The highest BCUT2D eigenvalue weighted by Gasteiger charge is 2.32. The topological polar surface area (TPSA) is 57.6 Å². The van der Waals surface area contributed by atoms with Crippen LogP contribution in [0.1, 0.15) is 53.4 Å². The second kappa shape index (κ2) is 6.92. The van der Waals surface area contributed by atoms with Gasteiger partial charge < -0.3 is 10.0 Å². The minimum absolute atomic E-state index is 0.0248. The minimum Gasteiger partial charge on any atom is -0.480 e. The first kappa shape index (κ1) is 16.0. The Kier molecular flexibility index (Phi) is 5.83. The normalized spacial score (nSPS) is 23.7. The summed E-state index contributed by atoms with van der Waals surface area (Å²) in [5, 5.41) is 8.90. The molecule has 0 heterocycles. The highest BCUT2D eigenvalue weighted by atomic mass is 16.4. The van der Waals surface area contributed by atoms with Gasteiger partial charge in [0.05, 0.1) is 0 Å². The lowest BCUT2D eigenvalue weighted by molar-refractivity contribution is -0.148. The predicted octanol–water partition coefficient (Wildman–Crippen LogP) is 2.77. The fourth-order valence-electron chi connectivity index (χ4n) is 2.93. The molecule has 1 amide bonds. The third-order valence-corrected chi connectivity index (χ3v) is 4.28. The number of carboxylic acid groups (broad SMARTS) is 1. The van der Waals surface area contributed by atoms with Crippen molar-refractivity contribution in [2.75, 3.05) is 6.54 Å². The summed E-state index contributed by atoms with van der Waals surface area (Å²) in [6.45, 7) is 8.04. The van der Waals surface area contributed by atoms with Crippen LogP contribution in [0.15, 0.2) is 0 Å². The molecule has 0 atom stereocenters. The number of aliphatic carboxylic acids is 1. The van der Waals surface area contributed by atoms with Crippen molar-refractivity contribution in [1.29, 1.82) is 0 Å². The minimum atomic E-state index is -0.932. The molecule has 4 nitrogen and oxygen atoms in total. The lowest BCUT2D eigenvalue weighted by atomic mass is 9.76. The van der Waals surface area contributed by atoms with Gasteiger partial charge in [-0.25, -0.2) is 0 Å². The van der Waals surface area contributed by atoms with Gasteiger partial charge in [0.1, 0.15) is 6.54 Å².